The van der Waals surface area contributed by atoms with Gasteiger partial charge in [-0.3, -0.25) is 4.79 Å². The summed E-state index contributed by atoms with van der Waals surface area (Å²) >= 11 is 0. The summed E-state index contributed by atoms with van der Waals surface area (Å²) in [5, 5.41) is 6.33. The van der Waals surface area contributed by atoms with Crippen molar-refractivity contribution in [3.8, 4) is 0 Å². The van der Waals surface area contributed by atoms with Gasteiger partial charge in [0.05, 0.1) is 11.4 Å². The summed E-state index contributed by atoms with van der Waals surface area (Å²) in [6.07, 6.45) is 2.25. The topological polar surface area (TPSA) is 41.1 Å². The molecule has 1 aromatic carbocycles. The average molecular weight is 218 g/mol. The van der Waals surface area contributed by atoms with E-state index in [1.165, 1.54) is 5.56 Å². The van der Waals surface area contributed by atoms with Crippen molar-refractivity contribution in [3.05, 3.63) is 23.8 Å². The fourth-order valence-electron chi connectivity index (χ4n) is 1.89. The lowest BCUT2D eigenvalue weighted by Crippen LogP contribution is -2.20. The second-order valence-electron chi connectivity index (χ2n) is 4.51. The van der Waals surface area contributed by atoms with Crippen LogP contribution in [0.5, 0.6) is 0 Å². The van der Waals surface area contributed by atoms with Crippen molar-refractivity contribution in [2.45, 2.75) is 26.7 Å². The number of para-hydroxylation sites is 1. The summed E-state index contributed by atoms with van der Waals surface area (Å²) in [5.74, 6) is 0.0835. The molecule has 0 aliphatic carbocycles. The molecule has 3 heteroatoms. The molecule has 16 heavy (non-hydrogen) atoms. The van der Waals surface area contributed by atoms with Crippen LogP contribution in [0.2, 0.25) is 0 Å². The molecule has 0 atom stereocenters. The largest absolute Gasteiger partial charge is 0.383 e. The SMILES string of the molecule is CC(C)C(=O)Nc1cccc2c1NCCC2. The smallest absolute Gasteiger partial charge is 0.226 e. The molecule has 0 spiro atoms. The Kier molecular flexibility index (Phi) is 3.13. The molecule has 1 aliphatic heterocycles. The van der Waals surface area contributed by atoms with Crippen LogP contribution in [-0.2, 0) is 11.2 Å². The van der Waals surface area contributed by atoms with E-state index in [1.54, 1.807) is 0 Å². The number of carbonyl (C=O) groups excluding carboxylic acids is 1. The number of aryl methyl sites for hydroxylation is 1. The molecule has 1 aromatic rings. The average Bonchev–Trinajstić information content (AvgIpc) is 2.29. The number of benzene rings is 1. The molecule has 0 radical (unpaired) electrons. The Morgan fingerprint density at radius 1 is 1.44 bits per heavy atom. The second kappa shape index (κ2) is 4.56. The second-order valence-corrected chi connectivity index (χ2v) is 4.51. The predicted molar refractivity (Wildman–Crippen MR) is 66.7 cm³/mol. The van der Waals surface area contributed by atoms with Crippen molar-refractivity contribution < 1.29 is 4.79 Å². The van der Waals surface area contributed by atoms with Crippen LogP contribution in [0.3, 0.4) is 0 Å². The molecule has 0 saturated heterocycles. The number of carbonyl (C=O) groups is 1. The Morgan fingerprint density at radius 3 is 3.00 bits per heavy atom. The summed E-state index contributed by atoms with van der Waals surface area (Å²) in [7, 11) is 0. The van der Waals surface area contributed by atoms with E-state index in [2.05, 4.69) is 16.7 Å². The zero-order valence-corrected chi connectivity index (χ0v) is 9.84. The molecular weight excluding hydrogens is 200 g/mol. The molecule has 2 N–H and O–H groups in total. The van der Waals surface area contributed by atoms with E-state index in [9.17, 15) is 4.79 Å². The van der Waals surface area contributed by atoms with Crippen molar-refractivity contribution in [3.63, 3.8) is 0 Å². The van der Waals surface area contributed by atoms with E-state index < -0.39 is 0 Å². The highest BCUT2D eigenvalue weighted by Crippen LogP contribution is 2.30. The van der Waals surface area contributed by atoms with Gasteiger partial charge < -0.3 is 10.6 Å². The number of hydrogen-bond donors (Lipinski definition) is 2. The Balaban J connectivity index is 2.24. The van der Waals surface area contributed by atoms with Crippen LogP contribution in [0.1, 0.15) is 25.8 Å². The van der Waals surface area contributed by atoms with Crippen LogP contribution >= 0.6 is 0 Å². The molecule has 86 valence electrons. The van der Waals surface area contributed by atoms with Crippen molar-refractivity contribution in [2.75, 3.05) is 17.2 Å². The number of nitrogens with one attached hydrogen (secondary N) is 2. The van der Waals surface area contributed by atoms with E-state index in [0.717, 1.165) is 30.8 Å². The predicted octanol–water partition coefficient (Wildman–Crippen LogP) is 2.64. The highest BCUT2D eigenvalue weighted by atomic mass is 16.1. The maximum atomic E-state index is 11.7. The van der Waals surface area contributed by atoms with Gasteiger partial charge in [0.15, 0.2) is 0 Å². The maximum Gasteiger partial charge on any atom is 0.226 e. The summed E-state index contributed by atoms with van der Waals surface area (Å²) in [6.45, 7) is 4.79. The highest BCUT2D eigenvalue weighted by molar-refractivity contribution is 5.95. The molecule has 1 aliphatic rings. The molecule has 0 bridgehead atoms. The third-order valence-electron chi connectivity index (χ3n) is 2.86. The number of fused-ring (bicyclic) bond motifs is 1. The molecule has 0 saturated carbocycles. The van der Waals surface area contributed by atoms with Crippen LogP contribution in [0.25, 0.3) is 0 Å². The molecule has 2 rings (SSSR count). The van der Waals surface area contributed by atoms with Crippen molar-refractivity contribution in [1.29, 1.82) is 0 Å². The summed E-state index contributed by atoms with van der Waals surface area (Å²) in [4.78, 5) is 11.7. The van der Waals surface area contributed by atoms with E-state index >= 15 is 0 Å². The van der Waals surface area contributed by atoms with Gasteiger partial charge in [0.2, 0.25) is 5.91 Å². The standard InChI is InChI=1S/C13H18N2O/c1-9(2)13(16)15-11-7-3-5-10-6-4-8-14-12(10)11/h3,5,7,9,14H,4,6,8H2,1-2H3,(H,15,16). The van der Waals surface area contributed by atoms with Gasteiger partial charge in [-0.1, -0.05) is 26.0 Å². The summed E-state index contributed by atoms with van der Waals surface area (Å²) in [6, 6.07) is 6.08. The lowest BCUT2D eigenvalue weighted by molar-refractivity contribution is -0.118. The van der Waals surface area contributed by atoms with E-state index in [1.807, 2.05) is 26.0 Å². The van der Waals surface area contributed by atoms with Crippen molar-refractivity contribution in [1.82, 2.24) is 0 Å². The van der Waals surface area contributed by atoms with Gasteiger partial charge in [0, 0.05) is 12.5 Å². The number of hydrogen-bond acceptors (Lipinski definition) is 2. The van der Waals surface area contributed by atoms with Crippen LogP contribution in [-0.4, -0.2) is 12.5 Å². The van der Waals surface area contributed by atoms with E-state index in [0.29, 0.717) is 0 Å². The molecule has 0 fully saturated rings. The van der Waals surface area contributed by atoms with Gasteiger partial charge in [-0.25, -0.2) is 0 Å². The van der Waals surface area contributed by atoms with Crippen LogP contribution < -0.4 is 10.6 Å². The molecule has 1 heterocycles. The number of anilines is 2. The van der Waals surface area contributed by atoms with Gasteiger partial charge in [0.1, 0.15) is 0 Å². The Bertz CT molecular complexity index is 399. The van der Waals surface area contributed by atoms with Crippen molar-refractivity contribution in [2.24, 2.45) is 5.92 Å². The van der Waals surface area contributed by atoms with E-state index in [4.69, 9.17) is 0 Å². The van der Waals surface area contributed by atoms with Crippen LogP contribution in [0.15, 0.2) is 18.2 Å². The number of rotatable bonds is 2. The number of amides is 1. The Labute approximate surface area is 96.2 Å². The van der Waals surface area contributed by atoms with Crippen LogP contribution in [0.4, 0.5) is 11.4 Å². The fourth-order valence-corrected chi connectivity index (χ4v) is 1.89. The summed E-state index contributed by atoms with van der Waals surface area (Å²) < 4.78 is 0. The minimum absolute atomic E-state index is 0.0134. The lowest BCUT2D eigenvalue weighted by atomic mass is 10.0. The van der Waals surface area contributed by atoms with Crippen molar-refractivity contribution >= 4 is 17.3 Å². The Hall–Kier alpha value is -1.51. The third kappa shape index (κ3) is 2.18. The zero-order chi connectivity index (χ0) is 11.5. The first-order valence-electron chi connectivity index (χ1n) is 5.85. The minimum Gasteiger partial charge on any atom is -0.383 e. The van der Waals surface area contributed by atoms with Gasteiger partial charge >= 0.3 is 0 Å². The molecule has 0 aromatic heterocycles. The molecule has 3 nitrogen and oxygen atoms in total. The van der Waals surface area contributed by atoms with Gasteiger partial charge in [-0.15, -0.1) is 0 Å². The van der Waals surface area contributed by atoms with Gasteiger partial charge in [0.25, 0.3) is 0 Å². The van der Waals surface area contributed by atoms with Gasteiger partial charge in [-0.05, 0) is 24.5 Å². The first kappa shape index (κ1) is 11.0. The maximum absolute atomic E-state index is 11.7. The lowest BCUT2D eigenvalue weighted by Gasteiger charge is -2.21. The fraction of sp³-hybridized carbons (Fsp3) is 0.462. The summed E-state index contributed by atoms with van der Waals surface area (Å²) in [5.41, 5.74) is 3.31. The molecule has 0 unspecified atom stereocenters. The van der Waals surface area contributed by atoms with Crippen LogP contribution in [0, 0.1) is 5.92 Å². The monoisotopic (exact) mass is 218 g/mol. The Morgan fingerprint density at radius 2 is 2.25 bits per heavy atom. The quantitative estimate of drug-likeness (QED) is 0.801. The van der Waals surface area contributed by atoms with Gasteiger partial charge in [-0.2, -0.15) is 0 Å². The normalized spacial score (nSPS) is 14.2. The highest BCUT2D eigenvalue weighted by Gasteiger charge is 2.14. The first-order chi connectivity index (χ1) is 7.68. The third-order valence-corrected chi connectivity index (χ3v) is 2.86. The molecular formula is C13H18N2O. The minimum atomic E-state index is 0.0134. The zero-order valence-electron chi connectivity index (χ0n) is 9.84. The first-order valence-corrected chi connectivity index (χ1v) is 5.85. The van der Waals surface area contributed by atoms with E-state index in [-0.39, 0.29) is 11.8 Å². The molecule has 1 amide bonds.